The number of methoxy groups -OCH3 is 1. The molecule has 0 fully saturated rings. The maximum Gasteiger partial charge on any atom is 0.177 e. The first-order valence-corrected chi connectivity index (χ1v) is 5.65. The van der Waals surface area contributed by atoms with E-state index < -0.39 is 0 Å². The third-order valence-corrected chi connectivity index (χ3v) is 3.01. The lowest BCUT2D eigenvalue weighted by atomic mass is 10.00. The summed E-state index contributed by atoms with van der Waals surface area (Å²) in [5.41, 5.74) is 3.95. The molecule has 0 unspecified atom stereocenters. The van der Waals surface area contributed by atoms with E-state index in [1.165, 1.54) is 0 Å². The Balaban J connectivity index is 2.64. The van der Waals surface area contributed by atoms with E-state index in [0.717, 1.165) is 28.7 Å². The van der Waals surface area contributed by atoms with Crippen molar-refractivity contribution < 1.29 is 14.1 Å². The Morgan fingerprint density at radius 2 is 1.94 bits per heavy atom. The molecule has 0 spiro atoms. The van der Waals surface area contributed by atoms with Gasteiger partial charge in [-0.1, -0.05) is 5.16 Å². The van der Waals surface area contributed by atoms with Gasteiger partial charge in [0, 0.05) is 5.56 Å². The predicted octanol–water partition coefficient (Wildman–Crippen LogP) is 3.09. The normalized spacial score (nSPS) is 10.4. The van der Waals surface area contributed by atoms with Gasteiger partial charge in [-0.2, -0.15) is 0 Å². The average molecular weight is 245 g/mol. The number of hydrogen-bond donors (Lipinski definition) is 0. The molecule has 94 valence electrons. The number of benzene rings is 1. The number of carbonyl (C=O) groups excluding carboxylic acids is 1. The van der Waals surface area contributed by atoms with Crippen LogP contribution in [0.2, 0.25) is 0 Å². The fourth-order valence-electron chi connectivity index (χ4n) is 1.96. The number of carbonyl (C=O) groups is 1. The molecule has 0 aliphatic heterocycles. The smallest absolute Gasteiger partial charge is 0.177 e. The van der Waals surface area contributed by atoms with E-state index in [0.29, 0.717) is 17.0 Å². The van der Waals surface area contributed by atoms with Crippen molar-refractivity contribution in [3.8, 4) is 17.1 Å². The molecule has 0 aliphatic rings. The molecule has 2 rings (SSSR count). The number of aldehydes is 1. The number of ether oxygens (including phenoxy) is 1. The Morgan fingerprint density at radius 3 is 2.56 bits per heavy atom. The highest BCUT2D eigenvalue weighted by atomic mass is 16.5. The highest BCUT2D eigenvalue weighted by molar-refractivity contribution is 5.87. The molecule has 1 heterocycles. The lowest BCUT2D eigenvalue weighted by molar-refractivity contribution is 0.112. The zero-order valence-corrected chi connectivity index (χ0v) is 10.9. The number of aromatic nitrogens is 1. The van der Waals surface area contributed by atoms with Crippen LogP contribution in [-0.4, -0.2) is 18.6 Å². The lowest BCUT2D eigenvalue weighted by Gasteiger charge is -2.09. The minimum absolute atomic E-state index is 0.502. The molecule has 0 saturated carbocycles. The molecule has 0 amide bonds. The first-order valence-electron chi connectivity index (χ1n) is 5.65. The highest BCUT2D eigenvalue weighted by Gasteiger charge is 2.17. The van der Waals surface area contributed by atoms with Crippen LogP contribution in [0.4, 0.5) is 0 Å². The maximum atomic E-state index is 11.1. The standard InChI is InChI=1S/C14H15NO3/c1-8-6-13(17-4)9(2)5-11(8)14-12(7-16)10(3)15-18-14/h5-7H,1-4H3. The summed E-state index contributed by atoms with van der Waals surface area (Å²) in [5, 5.41) is 3.84. The molecule has 2 aromatic rings. The highest BCUT2D eigenvalue weighted by Crippen LogP contribution is 2.32. The average Bonchev–Trinajstić information content (AvgIpc) is 2.72. The van der Waals surface area contributed by atoms with E-state index in [2.05, 4.69) is 5.16 Å². The summed E-state index contributed by atoms with van der Waals surface area (Å²) >= 11 is 0. The van der Waals surface area contributed by atoms with Crippen LogP contribution in [0.15, 0.2) is 16.7 Å². The minimum Gasteiger partial charge on any atom is -0.496 e. The summed E-state index contributed by atoms with van der Waals surface area (Å²) in [6, 6.07) is 3.87. The van der Waals surface area contributed by atoms with Gasteiger partial charge in [0.25, 0.3) is 0 Å². The van der Waals surface area contributed by atoms with Crippen molar-refractivity contribution in [3.05, 3.63) is 34.5 Å². The molecule has 0 radical (unpaired) electrons. The van der Waals surface area contributed by atoms with Crippen molar-refractivity contribution in [2.24, 2.45) is 0 Å². The van der Waals surface area contributed by atoms with Crippen LogP contribution in [0, 0.1) is 20.8 Å². The fraction of sp³-hybridized carbons (Fsp3) is 0.286. The van der Waals surface area contributed by atoms with Gasteiger partial charge in [-0.25, -0.2) is 0 Å². The summed E-state index contributed by atoms with van der Waals surface area (Å²) in [6.45, 7) is 5.65. The summed E-state index contributed by atoms with van der Waals surface area (Å²) < 4.78 is 10.5. The first kappa shape index (κ1) is 12.4. The zero-order chi connectivity index (χ0) is 13.3. The van der Waals surface area contributed by atoms with Crippen LogP contribution >= 0.6 is 0 Å². The molecular weight excluding hydrogens is 230 g/mol. The van der Waals surface area contributed by atoms with Crippen LogP contribution in [0.5, 0.6) is 5.75 Å². The van der Waals surface area contributed by atoms with E-state index >= 15 is 0 Å². The van der Waals surface area contributed by atoms with Gasteiger partial charge in [-0.3, -0.25) is 4.79 Å². The fourth-order valence-corrected chi connectivity index (χ4v) is 1.96. The van der Waals surface area contributed by atoms with Crippen LogP contribution in [-0.2, 0) is 0 Å². The first-order chi connectivity index (χ1) is 8.58. The number of aryl methyl sites for hydroxylation is 3. The Labute approximate surface area is 106 Å². The molecule has 0 aliphatic carbocycles. The number of rotatable bonds is 3. The quantitative estimate of drug-likeness (QED) is 0.780. The second-order valence-electron chi connectivity index (χ2n) is 4.27. The van der Waals surface area contributed by atoms with Gasteiger partial charge >= 0.3 is 0 Å². The Bertz CT molecular complexity index is 599. The second-order valence-corrected chi connectivity index (χ2v) is 4.27. The molecule has 18 heavy (non-hydrogen) atoms. The zero-order valence-electron chi connectivity index (χ0n) is 10.9. The van der Waals surface area contributed by atoms with E-state index in [4.69, 9.17) is 9.26 Å². The van der Waals surface area contributed by atoms with Gasteiger partial charge < -0.3 is 9.26 Å². The molecule has 0 N–H and O–H groups in total. The van der Waals surface area contributed by atoms with Crippen molar-refractivity contribution in [1.82, 2.24) is 5.16 Å². The SMILES string of the molecule is COc1cc(C)c(-c2onc(C)c2C=O)cc1C. The number of hydrogen-bond acceptors (Lipinski definition) is 4. The Kier molecular flexibility index (Phi) is 3.19. The summed E-state index contributed by atoms with van der Waals surface area (Å²) in [5.74, 6) is 1.34. The van der Waals surface area contributed by atoms with Crippen LogP contribution in [0.3, 0.4) is 0 Å². The third kappa shape index (κ3) is 1.90. The van der Waals surface area contributed by atoms with Crippen molar-refractivity contribution >= 4 is 6.29 Å². The molecular formula is C14H15NO3. The summed E-state index contributed by atoms with van der Waals surface area (Å²) in [6.07, 6.45) is 0.778. The predicted molar refractivity (Wildman–Crippen MR) is 68.1 cm³/mol. The van der Waals surface area contributed by atoms with Gasteiger partial charge in [0.1, 0.15) is 5.75 Å². The number of nitrogens with zero attached hydrogens (tertiary/aromatic N) is 1. The molecule has 4 nitrogen and oxygen atoms in total. The van der Waals surface area contributed by atoms with Gasteiger partial charge in [0.2, 0.25) is 0 Å². The molecule has 0 atom stereocenters. The van der Waals surface area contributed by atoms with Crippen molar-refractivity contribution in [1.29, 1.82) is 0 Å². The Hall–Kier alpha value is -2.10. The van der Waals surface area contributed by atoms with Crippen molar-refractivity contribution in [2.45, 2.75) is 20.8 Å². The monoisotopic (exact) mass is 245 g/mol. The van der Waals surface area contributed by atoms with Crippen LogP contribution < -0.4 is 4.74 Å². The molecule has 0 saturated heterocycles. The van der Waals surface area contributed by atoms with Crippen LogP contribution in [0.25, 0.3) is 11.3 Å². The van der Waals surface area contributed by atoms with E-state index in [-0.39, 0.29) is 0 Å². The largest absolute Gasteiger partial charge is 0.496 e. The second kappa shape index (κ2) is 4.64. The van der Waals surface area contributed by atoms with E-state index in [1.807, 2.05) is 26.0 Å². The molecule has 1 aromatic carbocycles. The Morgan fingerprint density at radius 1 is 1.22 bits per heavy atom. The molecule has 1 aromatic heterocycles. The lowest BCUT2D eigenvalue weighted by Crippen LogP contribution is -1.92. The summed E-state index contributed by atoms with van der Waals surface area (Å²) in [7, 11) is 1.64. The third-order valence-electron chi connectivity index (χ3n) is 3.01. The van der Waals surface area contributed by atoms with Crippen LogP contribution in [0.1, 0.15) is 27.2 Å². The van der Waals surface area contributed by atoms with Gasteiger partial charge in [0.05, 0.1) is 18.4 Å². The van der Waals surface area contributed by atoms with Gasteiger partial charge in [-0.15, -0.1) is 0 Å². The van der Waals surface area contributed by atoms with E-state index in [9.17, 15) is 4.79 Å². The minimum atomic E-state index is 0.502. The maximum absolute atomic E-state index is 11.1. The summed E-state index contributed by atoms with van der Waals surface area (Å²) in [4.78, 5) is 11.1. The van der Waals surface area contributed by atoms with Crippen molar-refractivity contribution in [2.75, 3.05) is 7.11 Å². The molecule has 0 bridgehead atoms. The van der Waals surface area contributed by atoms with Crippen molar-refractivity contribution in [3.63, 3.8) is 0 Å². The molecule has 4 heteroatoms. The van der Waals surface area contributed by atoms with Gasteiger partial charge in [-0.05, 0) is 44.0 Å². The van der Waals surface area contributed by atoms with E-state index in [1.54, 1.807) is 14.0 Å². The topological polar surface area (TPSA) is 52.3 Å². The van der Waals surface area contributed by atoms with Gasteiger partial charge in [0.15, 0.2) is 12.0 Å².